The summed E-state index contributed by atoms with van der Waals surface area (Å²) < 4.78 is 20.8. The minimum atomic E-state index is -0.558. The number of nitrogens with zero attached hydrogens (tertiary/aromatic N) is 2. The molecule has 2 aliphatic heterocycles. The van der Waals surface area contributed by atoms with Crippen molar-refractivity contribution >= 4 is 11.7 Å². The maximum absolute atomic E-state index is 13.4. The van der Waals surface area contributed by atoms with Crippen molar-refractivity contribution in [2.45, 2.75) is 44.9 Å². The molecule has 0 saturated carbocycles. The quantitative estimate of drug-likeness (QED) is 0.500. The van der Waals surface area contributed by atoms with Crippen molar-refractivity contribution < 1.29 is 18.7 Å². The van der Waals surface area contributed by atoms with Crippen LogP contribution in [-0.4, -0.2) is 33.7 Å². The number of ketones is 1. The summed E-state index contributed by atoms with van der Waals surface area (Å²) in [4.78, 5) is 41.6. The van der Waals surface area contributed by atoms with Gasteiger partial charge in [0, 0.05) is 25.7 Å². The number of rotatable bonds is 7. The number of fused-ring (bicyclic) bond motifs is 2. The third-order valence-corrected chi connectivity index (χ3v) is 6.57. The molecule has 2 aromatic carbocycles. The van der Waals surface area contributed by atoms with Gasteiger partial charge in [-0.3, -0.25) is 14.4 Å². The van der Waals surface area contributed by atoms with Gasteiger partial charge in [-0.15, -0.1) is 0 Å². The van der Waals surface area contributed by atoms with Gasteiger partial charge in [0.05, 0.1) is 11.6 Å². The molecule has 1 amide bonds. The van der Waals surface area contributed by atoms with Gasteiger partial charge in [-0.2, -0.15) is 0 Å². The van der Waals surface area contributed by atoms with Crippen LogP contribution in [0.3, 0.4) is 0 Å². The second-order valence-corrected chi connectivity index (χ2v) is 8.82. The molecular formula is C27H25FN2O4. The van der Waals surface area contributed by atoms with E-state index in [1.807, 2.05) is 30.3 Å². The highest BCUT2D eigenvalue weighted by molar-refractivity contribution is 6.00. The molecule has 0 aliphatic carbocycles. The van der Waals surface area contributed by atoms with E-state index in [4.69, 9.17) is 4.74 Å². The number of Topliss-reactive ketones (excluding diaryl/α,β-unsaturated/α-hetero) is 1. The van der Waals surface area contributed by atoms with Crippen LogP contribution in [0.4, 0.5) is 4.39 Å². The molecule has 3 aromatic rings. The molecule has 1 atom stereocenters. The van der Waals surface area contributed by atoms with Crippen LogP contribution in [0.5, 0.6) is 5.75 Å². The van der Waals surface area contributed by atoms with Crippen molar-refractivity contribution in [1.29, 1.82) is 0 Å². The normalized spacial score (nSPS) is 16.8. The molecule has 5 rings (SSSR count). The molecule has 7 heteroatoms. The lowest BCUT2D eigenvalue weighted by molar-refractivity contribution is 0.0656. The number of pyridine rings is 1. The summed E-state index contributed by atoms with van der Waals surface area (Å²) in [6.45, 7) is 1.31. The highest BCUT2D eigenvalue weighted by Gasteiger charge is 2.39. The summed E-state index contributed by atoms with van der Waals surface area (Å²) in [5, 5.41) is 0. The van der Waals surface area contributed by atoms with Crippen LogP contribution >= 0.6 is 0 Å². The molecule has 0 unspecified atom stereocenters. The predicted octanol–water partition coefficient (Wildman–Crippen LogP) is 4.00. The van der Waals surface area contributed by atoms with Gasteiger partial charge >= 0.3 is 0 Å². The van der Waals surface area contributed by atoms with E-state index in [0.717, 1.165) is 24.0 Å². The van der Waals surface area contributed by atoms with Gasteiger partial charge in [0.15, 0.2) is 17.2 Å². The van der Waals surface area contributed by atoms with Gasteiger partial charge in [-0.25, -0.2) is 4.39 Å². The maximum Gasteiger partial charge on any atom is 0.274 e. The Morgan fingerprint density at radius 2 is 1.79 bits per heavy atom. The van der Waals surface area contributed by atoms with Gasteiger partial charge < -0.3 is 14.2 Å². The fourth-order valence-electron chi connectivity index (χ4n) is 4.77. The van der Waals surface area contributed by atoms with Crippen LogP contribution in [0.1, 0.15) is 51.2 Å². The number of hydrogen-bond donors (Lipinski definition) is 0. The number of carbonyl (C=O) groups excluding carboxylic acids is 2. The van der Waals surface area contributed by atoms with E-state index in [9.17, 15) is 18.8 Å². The van der Waals surface area contributed by atoms with Gasteiger partial charge in [-0.05, 0) is 42.5 Å². The number of aromatic nitrogens is 1. The molecular weight excluding hydrogens is 435 g/mol. The second kappa shape index (κ2) is 9.25. The Bertz CT molecular complexity index is 1280. The van der Waals surface area contributed by atoms with E-state index in [1.165, 1.54) is 18.3 Å². The van der Waals surface area contributed by atoms with Gasteiger partial charge in [-0.1, -0.05) is 42.5 Å². The van der Waals surface area contributed by atoms with Crippen LogP contribution in [0.25, 0.3) is 0 Å². The first kappa shape index (κ1) is 22.1. The molecule has 0 bridgehead atoms. The lowest BCUT2D eigenvalue weighted by Gasteiger charge is -2.33. The summed E-state index contributed by atoms with van der Waals surface area (Å²) in [7, 11) is 0. The van der Waals surface area contributed by atoms with Crippen molar-refractivity contribution in [3.8, 4) is 5.75 Å². The van der Waals surface area contributed by atoms with Crippen molar-refractivity contribution in [2.75, 3.05) is 6.54 Å². The van der Waals surface area contributed by atoms with E-state index < -0.39 is 5.43 Å². The summed E-state index contributed by atoms with van der Waals surface area (Å²) in [5.41, 5.74) is 1.35. The molecule has 6 nitrogen and oxygen atoms in total. The summed E-state index contributed by atoms with van der Waals surface area (Å²) in [6.07, 6.45) is 3.81. The fourth-order valence-corrected chi connectivity index (χ4v) is 4.77. The number of carbonyl (C=O) groups is 2. The molecule has 2 aliphatic rings. The van der Waals surface area contributed by atoms with Gasteiger partial charge in [0.2, 0.25) is 5.43 Å². The van der Waals surface area contributed by atoms with Crippen LogP contribution in [-0.2, 0) is 19.6 Å². The Hall–Kier alpha value is -3.74. The molecule has 1 aromatic heterocycles. The van der Waals surface area contributed by atoms with Crippen LogP contribution in [0.2, 0.25) is 0 Å². The van der Waals surface area contributed by atoms with Crippen LogP contribution in [0, 0.1) is 5.82 Å². The topological polar surface area (TPSA) is 68.6 Å². The Kier molecular flexibility index (Phi) is 6.01. The Labute approximate surface area is 196 Å². The maximum atomic E-state index is 13.4. The van der Waals surface area contributed by atoms with E-state index in [2.05, 4.69) is 0 Å². The van der Waals surface area contributed by atoms with E-state index in [1.54, 1.807) is 21.6 Å². The zero-order valence-electron chi connectivity index (χ0n) is 18.7. The van der Waals surface area contributed by atoms with E-state index in [0.29, 0.717) is 19.5 Å². The SMILES string of the molecule is O=C(CCc1ccc(F)cc1)c1cn2c(c(OCc3ccccc3)c1=O)C(=O)N1CCC[C@@H]1C2. The average Bonchev–Trinajstić information content (AvgIpc) is 3.32. The lowest BCUT2D eigenvalue weighted by Crippen LogP contribution is -2.46. The molecule has 0 radical (unpaired) electrons. The second-order valence-electron chi connectivity index (χ2n) is 8.82. The number of aryl methyl sites for hydroxylation is 1. The molecule has 0 spiro atoms. The number of halogens is 1. The lowest BCUT2D eigenvalue weighted by atomic mass is 10.0. The Morgan fingerprint density at radius 3 is 2.56 bits per heavy atom. The van der Waals surface area contributed by atoms with Crippen molar-refractivity contribution in [3.63, 3.8) is 0 Å². The first-order valence-corrected chi connectivity index (χ1v) is 11.5. The van der Waals surface area contributed by atoms with E-state index in [-0.39, 0.29) is 53.6 Å². The first-order valence-electron chi connectivity index (χ1n) is 11.5. The van der Waals surface area contributed by atoms with E-state index >= 15 is 0 Å². The molecule has 174 valence electrons. The number of benzene rings is 2. The number of ether oxygens (including phenoxy) is 1. The van der Waals surface area contributed by atoms with Crippen molar-refractivity contribution in [2.24, 2.45) is 0 Å². The first-order chi connectivity index (χ1) is 16.5. The minimum absolute atomic E-state index is 0.0215. The highest BCUT2D eigenvalue weighted by atomic mass is 19.1. The predicted molar refractivity (Wildman–Crippen MR) is 125 cm³/mol. The zero-order valence-corrected chi connectivity index (χ0v) is 18.7. The van der Waals surface area contributed by atoms with Gasteiger partial charge in [0.25, 0.3) is 5.91 Å². The summed E-state index contributed by atoms with van der Waals surface area (Å²) in [5.74, 6) is -0.949. The highest BCUT2D eigenvalue weighted by Crippen LogP contribution is 2.30. The zero-order chi connectivity index (χ0) is 23.7. The molecule has 1 fully saturated rings. The van der Waals surface area contributed by atoms with Crippen molar-refractivity contribution in [1.82, 2.24) is 9.47 Å². The minimum Gasteiger partial charge on any atom is -0.483 e. The molecule has 34 heavy (non-hydrogen) atoms. The van der Waals surface area contributed by atoms with Crippen molar-refractivity contribution in [3.05, 3.63) is 99.2 Å². The number of amides is 1. The molecule has 1 saturated heterocycles. The largest absolute Gasteiger partial charge is 0.483 e. The Morgan fingerprint density at radius 1 is 1.03 bits per heavy atom. The van der Waals surface area contributed by atoms with Crippen LogP contribution in [0.15, 0.2) is 65.6 Å². The third-order valence-electron chi connectivity index (χ3n) is 6.57. The summed E-state index contributed by atoms with van der Waals surface area (Å²) >= 11 is 0. The fraction of sp³-hybridized carbons (Fsp3) is 0.296. The Balaban J connectivity index is 1.48. The third kappa shape index (κ3) is 4.25. The summed E-state index contributed by atoms with van der Waals surface area (Å²) in [6, 6.07) is 15.4. The van der Waals surface area contributed by atoms with Gasteiger partial charge in [0.1, 0.15) is 12.4 Å². The molecule has 0 N–H and O–H groups in total. The standard InChI is InChI=1S/C27H25FN2O4/c28-20-11-8-18(9-12-20)10-13-23(31)22-16-29-15-21-7-4-14-30(21)27(33)24(29)26(25(22)32)34-17-19-5-2-1-3-6-19/h1-3,5-6,8-9,11-12,16,21H,4,7,10,13-15,17H2/t21-/m1/s1. The monoisotopic (exact) mass is 460 g/mol. The molecule has 3 heterocycles. The smallest absolute Gasteiger partial charge is 0.274 e. The number of hydrogen-bond acceptors (Lipinski definition) is 4. The van der Waals surface area contributed by atoms with Crippen LogP contribution < -0.4 is 10.2 Å². The average molecular weight is 461 g/mol.